The van der Waals surface area contributed by atoms with Gasteiger partial charge in [-0.2, -0.15) is 0 Å². The van der Waals surface area contributed by atoms with Crippen molar-refractivity contribution in [3.63, 3.8) is 0 Å². The molecule has 0 radical (unpaired) electrons. The van der Waals surface area contributed by atoms with Crippen LogP contribution in [0, 0.1) is 35.5 Å². The van der Waals surface area contributed by atoms with Gasteiger partial charge in [0.1, 0.15) is 78.3 Å². The number of guanidine groups is 1. The first-order chi connectivity index (χ1) is 50.4. The number of nitrogens with zero attached hydrogens (tertiary/aromatic N) is 1. The van der Waals surface area contributed by atoms with E-state index in [1.54, 1.807) is 55.4 Å². The number of nitrogens with two attached hydrogens (primary N) is 4. The SMILES string of the molecule is CC(C)C[C@H](NC(=O)[C@H](C)NC(=O)[C@@H](NC(=O)[C@H](CC(C)C)NC(=O)[C@@H](N)CC(C)C)C(C)C)C(=O)N[C@@H](CC(=O)O)C(=O)N[C@@H](Cc1ccc(O)cc1)C(=O)N[C@@H](CO)C(=O)N[C@@H](CC(C)C)C(=O)N[C@@H](CCCCN)C(=O)N[C@@H](CCC(=O)O)C(=O)N[C@@H](CC(C)C)C(=O)N[C@@H](CCCN=C(N)N)C(=O)O. The molecule has 0 aliphatic carbocycles. The number of aliphatic hydroxyl groups excluding tert-OH is 1. The zero-order chi connectivity index (χ0) is 82.4. The average Bonchev–Trinajstić information content (AvgIpc) is 0.860. The number of phenols is 1. The van der Waals surface area contributed by atoms with E-state index in [4.69, 9.17) is 22.9 Å². The van der Waals surface area contributed by atoms with E-state index in [0.717, 1.165) is 0 Å². The van der Waals surface area contributed by atoms with Gasteiger partial charge in [0.15, 0.2) is 5.96 Å². The van der Waals surface area contributed by atoms with Crippen LogP contribution in [0.4, 0.5) is 0 Å². The maximum Gasteiger partial charge on any atom is 0.326 e. The number of unbranched alkanes of at least 4 members (excludes halogenated alkanes) is 1. The van der Waals surface area contributed by atoms with Crippen molar-refractivity contribution >= 4 is 94.8 Å². The van der Waals surface area contributed by atoms with Crippen molar-refractivity contribution < 1.29 is 97.5 Å². The molecule has 0 heterocycles. The molecular weight excluding hydrogens is 1410 g/mol. The largest absolute Gasteiger partial charge is 0.508 e. The van der Waals surface area contributed by atoms with E-state index >= 15 is 0 Å². The number of carbonyl (C=O) groups excluding carboxylic acids is 12. The second kappa shape index (κ2) is 49.2. The fraction of sp³-hybridized carbons (Fsp3) is 0.690. The van der Waals surface area contributed by atoms with Crippen LogP contribution in [-0.2, 0) is 78.3 Å². The number of hydrogen-bond acceptors (Lipinski definition) is 20. The van der Waals surface area contributed by atoms with Crippen molar-refractivity contribution in [3.8, 4) is 5.75 Å². The van der Waals surface area contributed by atoms with Gasteiger partial charge in [-0.3, -0.25) is 72.1 Å². The minimum absolute atomic E-state index is 0.0434. The molecule has 0 unspecified atom stereocenters. The maximum atomic E-state index is 14.5. The van der Waals surface area contributed by atoms with E-state index in [9.17, 15) is 97.5 Å². The van der Waals surface area contributed by atoms with Crippen LogP contribution < -0.4 is 86.7 Å². The Hall–Kier alpha value is -9.78. The number of aliphatic carboxylic acids is 3. The first-order valence-electron chi connectivity index (χ1n) is 36.6. The van der Waals surface area contributed by atoms with Crippen LogP contribution in [-0.4, -0.2) is 219 Å². The molecule has 1 rings (SSSR count). The number of nitrogens with one attached hydrogen (secondary N) is 12. The molecule has 0 bridgehead atoms. The van der Waals surface area contributed by atoms with E-state index in [2.05, 4.69) is 68.8 Å². The van der Waals surface area contributed by atoms with E-state index in [1.165, 1.54) is 31.2 Å². The third-order valence-corrected chi connectivity index (χ3v) is 16.7. The summed E-state index contributed by atoms with van der Waals surface area (Å²) in [7, 11) is 0. The van der Waals surface area contributed by atoms with Gasteiger partial charge in [-0.1, -0.05) is 95.2 Å². The first kappa shape index (κ1) is 96.2. The van der Waals surface area contributed by atoms with Crippen molar-refractivity contribution in [1.29, 1.82) is 0 Å². The molecule has 0 saturated carbocycles. The number of phenolic OH excluding ortho intramolecular Hbond substituents is 1. The number of carbonyl (C=O) groups is 15. The standard InChI is InChI=1S/C71H121N17O20/c1-35(2)27-44(73)59(96)82-51(31-39(9)10)67(104)88-57(40(11)12)69(106)77-41(13)58(95)81-48(28-36(3)4)64(101)86-53(33-56(93)94)66(103)85-52(32-42-19-21-43(90)22-20-42)65(102)87-54(34-89)68(105)84-49(29-37(5)6)62(99)78-45(17-14-15-25-72)60(97)79-46(23-24-55(91)92)61(98)83-50(30-38(7)8)63(100)80-47(70(107)108)18-16-26-76-71(74)75/h19-22,35-41,44-54,57,89-90H,14-18,23-34,72-73H2,1-13H3,(H,77,106)(H,78,99)(H,79,97)(H,80,100)(H,81,95)(H,82,96)(H,83,98)(H,84,105)(H,85,103)(H,86,101)(H,87,102)(H,88,104)(H,91,92)(H,93,94)(H,107,108)(H4,74,75,76)/t41-,44-,45-,46-,47-,48-,49-,50-,51-,52-,53-,54-,57-/m0/s1. The average molecular weight is 1530 g/mol. The normalized spacial score (nSPS) is 15.0. The van der Waals surface area contributed by atoms with Crippen molar-refractivity contribution in [2.75, 3.05) is 19.7 Å². The molecule has 1 aromatic rings. The van der Waals surface area contributed by atoms with Gasteiger partial charge in [-0.05, 0) is 137 Å². The van der Waals surface area contributed by atoms with Crippen molar-refractivity contribution in [3.05, 3.63) is 29.8 Å². The molecule has 25 N–H and O–H groups in total. The lowest BCUT2D eigenvalue weighted by Gasteiger charge is -2.29. The Morgan fingerprint density at radius 3 is 1.19 bits per heavy atom. The maximum absolute atomic E-state index is 14.5. The highest BCUT2D eigenvalue weighted by Crippen LogP contribution is 2.17. The first-order valence-corrected chi connectivity index (χ1v) is 36.6. The minimum Gasteiger partial charge on any atom is -0.508 e. The minimum atomic E-state index is -1.98. The molecule has 610 valence electrons. The van der Waals surface area contributed by atoms with Crippen LogP contribution in [0.1, 0.15) is 179 Å². The Bertz CT molecular complexity index is 3180. The van der Waals surface area contributed by atoms with Crippen molar-refractivity contribution in [2.45, 2.75) is 258 Å². The lowest BCUT2D eigenvalue weighted by molar-refractivity contribution is -0.142. The zero-order valence-electron chi connectivity index (χ0n) is 64.4. The third kappa shape index (κ3) is 38.2. The Morgan fingerprint density at radius 2 is 0.769 bits per heavy atom. The number of rotatable bonds is 52. The van der Waals surface area contributed by atoms with Crippen LogP contribution in [0.3, 0.4) is 0 Å². The van der Waals surface area contributed by atoms with Crippen LogP contribution in [0.5, 0.6) is 5.75 Å². The van der Waals surface area contributed by atoms with Crippen LogP contribution in [0.2, 0.25) is 0 Å². The number of aliphatic imine (C=N–C) groups is 1. The van der Waals surface area contributed by atoms with E-state index in [1.807, 2.05) is 27.7 Å². The Labute approximate surface area is 630 Å². The molecule has 0 saturated heterocycles. The monoisotopic (exact) mass is 1530 g/mol. The number of carboxylic acid groups (broad SMARTS) is 3. The quantitative estimate of drug-likeness (QED) is 0.0183. The van der Waals surface area contributed by atoms with Gasteiger partial charge in [0.2, 0.25) is 70.9 Å². The summed E-state index contributed by atoms with van der Waals surface area (Å²) in [6.07, 6.45) is -2.09. The summed E-state index contributed by atoms with van der Waals surface area (Å²) < 4.78 is 0. The zero-order valence-corrected chi connectivity index (χ0v) is 64.4. The molecule has 0 spiro atoms. The van der Waals surface area contributed by atoms with Gasteiger partial charge in [-0.25, -0.2) is 4.79 Å². The summed E-state index contributed by atoms with van der Waals surface area (Å²) in [5.41, 5.74) is 22.9. The fourth-order valence-electron chi connectivity index (χ4n) is 11.1. The van der Waals surface area contributed by atoms with Crippen LogP contribution in [0.15, 0.2) is 29.3 Å². The molecular formula is C71H121N17O20. The number of benzene rings is 1. The molecule has 1 aromatic carbocycles. The molecule has 13 atom stereocenters. The third-order valence-electron chi connectivity index (χ3n) is 16.7. The molecule has 0 aliphatic rings. The van der Waals surface area contributed by atoms with Gasteiger partial charge in [-0.15, -0.1) is 0 Å². The summed E-state index contributed by atoms with van der Waals surface area (Å²) >= 11 is 0. The highest BCUT2D eigenvalue weighted by Gasteiger charge is 2.39. The smallest absolute Gasteiger partial charge is 0.326 e. The number of hydrogen-bond donors (Lipinski definition) is 21. The lowest BCUT2D eigenvalue weighted by Crippen LogP contribution is -2.61. The van der Waals surface area contributed by atoms with E-state index in [0.29, 0.717) is 12.8 Å². The molecule has 37 heteroatoms. The van der Waals surface area contributed by atoms with Crippen molar-refractivity contribution in [2.24, 2.45) is 63.4 Å². The molecule has 0 aliphatic heterocycles. The topological polar surface area (TPSA) is 618 Å². The van der Waals surface area contributed by atoms with Crippen LogP contribution in [0.25, 0.3) is 0 Å². The van der Waals surface area contributed by atoms with Gasteiger partial charge in [0.25, 0.3) is 0 Å². The molecule has 108 heavy (non-hydrogen) atoms. The highest BCUT2D eigenvalue weighted by atomic mass is 16.4. The van der Waals surface area contributed by atoms with Gasteiger partial charge >= 0.3 is 17.9 Å². The summed E-state index contributed by atoms with van der Waals surface area (Å²) in [5.74, 6) is -18.0. The van der Waals surface area contributed by atoms with Gasteiger partial charge < -0.3 is 112 Å². The molecule has 0 aromatic heterocycles. The second-order valence-corrected chi connectivity index (χ2v) is 29.5. The van der Waals surface area contributed by atoms with Crippen LogP contribution >= 0.6 is 0 Å². The lowest BCUT2D eigenvalue weighted by atomic mass is 9.98. The molecule has 37 nitrogen and oxygen atoms in total. The summed E-state index contributed by atoms with van der Waals surface area (Å²) in [4.78, 5) is 209. The van der Waals surface area contributed by atoms with Crippen molar-refractivity contribution in [1.82, 2.24) is 63.8 Å². The Morgan fingerprint density at radius 1 is 0.398 bits per heavy atom. The predicted molar refractivity (Wildman–Crippen MR) is 397 cm³/mol. The molecule has 12 amide bonds. The Kier molecular flexibility index (Phi) is 43.9. The Balaban J connectivity index is 3.63. The second-order valence-electron chi connectivity index (χ2n) is 29.5. The fourth-order valence-corrected chi connectivity index (χ4v) is 11.1. The number of aromatic hydroxyl groups is 1. The number of carboxylic acids is 3. The van der Waals surface area contributed by atoms with Gasteiger partial charge in [0, 0.05) is 19.4 Å². The summed E-state index contributed by atoms with van der Waals surface area (Å²) in [5, 5.41) is 80.3. The number of aliphatic hydroxyl groups is 1. The summed E-state index contributed by atoms with van der Waals surface area (Å²) in [6.45, 7) is 21.2. The highest BCUT2D eigenvalue weighted by molar-refractivity contribution is 6.00. The summed E-state index contributed by atoms with van der Waals surface area (Å²) in [6, 6.07) is -14.1. The van der Waals surface area contributed by atoms with E-state index < -0.39 is 206 Å². The number of amides is 12. The predicted octanol–water partition coefficient (Wildman–Crippen LogP) is -2.41. The van der Waals surface area contributed by atoms with E-state index in [-0.39, 0.29) is 111 Å². The molecule has 0 fully saturated rings. The van der Waals surface area contributed by atoms with Gasteiger partial charge in [0.05, 0.1) is 19.1 Å².